The maximum atomic E-state index is 12.4. The fourth-order valence-corrected chi connectivity index (χ4v) is 7.38. The Kier molecular flexibility index (Phi) is 41.5. The number of rotatable bonds is 44. The highest BCUT2D eigenvalue weighted by molar-refractivity contribution is 7.46. The van der Waals surface area contributed by atoms with Crippen LogP contribution in [0.1, 0.15) is 251 Å². The summed E-state index contributed by atoms with van der Waals surface area (Å²) in [6.45, 7) is 3.71. The van der Waals surface area contributed by atoms with Crippen LogP contribution in [0.3, 0.4) is 0 Å². The molecule has 0 rings (SSSR count). The zero-order chi connectivity index (χ0) is 40.3. The van der Waals surface area contributed by atoms with Crippen molar-refractivity contribution in [1.29, 1.82) is 0 Å². The normalized spacial score (nSPS) is 12.4. The fraction of sp³-hybridized carbons (Fsp3) is 0.913. The summed E-state index contributed by atoms with van der Waals surface area (Å²) in [5.41, 5.74) is 0. The van der Waals surface area contributed by atoms with E-state index in [9.17, 15) is 14.2 Å². The van der Waals surface area contributed by atoms with Gasteiger partial charge in [0.15, 0.2) is 6.10 Å². The van der Waals surface area contributed by atoms with Crippen molar-refractivity contribution in [2.75, 3.05) is 13.2 Å². The van der Waals surface area contributed by atoms with Crippen LogP contribution in [0.2, 0.25) is 0 Å². The van der Waals surface area contributed by atoms with Crippen molar-refractivity contribution in [1.82, 2.24) is 0 Å². The second-order valence-corrected chi connectivity index (χ2v) is 17.3. The van der Waals surface area contributed by atoms with Crippen molar-refractivity contribution in [3.63, 3.8) is 0 Å². The zero-order valence-corrected chi connectivity index (χ0v) is 37.0. The highest BCUT2D eigenvalue weighted by atomic mass is 31.2. The monoisotopic (exact) mass is 801 g/mol. The predicted molar refractivity (Wildman–Crippen MR) is 230 cm³/mol. The molecule has 0 aromatic carbocycles. The molecule has 326 valence electrons. The van der Waals surface area contributed by atoms with E-state index >= 15 is 0 Å². The molecular formula is C46H89O8P. The molecule has 0 fully saturated rings. The van der Waals surface area contributed by atoms with E-state index in [1.165, 1.54) is 173 Å². The largest absolute Gasteiger partial charge is 0.469 e. The van der Waals surface area contributed by atoms with E-state index in [0.717, 1.165) is 44.9 Å². The molecule has 0 heterocycles. The zero-order valence-electron chi connectivity index (χ0n) is 36.1. The first-order valence-corrected chi connectivity index (χ1v) is 25.0. The molecule has 0 saturated heterocycles. The van der Waals surface area contributed by atoms with Crippen LogP contribution in [0.25, 0.3) is 0 Å². The van der Waals surface area contributed by atoms with Gasteiger partial charge >= 0.3 is 19.8 Å². The SMILES string of the molecule is CCCCCCCCCC/C=C/CCCCCC(=O)O[C@H](COC(=O)CCCCCCCCCCCCCCCCCCCCCCCC)COP(=O)(O)O. The van der Waals surface area contributed by atoms with Crippen molar-refractivity contribution >= 4 is 19.8 Å². The van der Waals surface area contributed by atoms with Crippen molar-refractivity contribution in [3.05, 3.63) is 12.2 Å². The average molecular weight is 801 g/mol. The summed E-state index contributed by atoms with van der Waals surface area (Å²) in [6.07, 6.45) is 48.0. The number of phosphoric acid groups is 1. The third-order valence-corrected chi connectivity index (χ3v) is 11.0. The number of phosphoric ester groups is 1. The lowest BCUT2D eigenvalue weighted by Crippen LogP contribution is -2.29. The van der Waals surface area contributed by atoms with Crippen molar-refractivity contribution in [2.45, 2.75) is 258 Å². The van der Waals surface area contributed by atoms with Gasteiger partial charge in [-0.3, -0.25) is 14.1 Å². The molecule has 0 aromatic heterocycles. The van der Waals surface area contributed by atoms with Crippen LogP contribution < -0.4 is 0 Å². The van der Waals surface area contributed by atoms with E-state index in [-0.39, 0.29) is 19.4 Å². The molecule has 0 spiro atoms. The van der Waals surface area contributed by atoms with Gasteiger partial charge in [0.05, 0.1) is 6.61 Å². The molecule has 0 amide bonds. The maximum Gasteiger partial charge on any atom is 0.469 e. The van der Waals surface area contributed by atoms with Gasteiger partial charge in [0.25, 0.3) is 0 Å². The molecular weight excluding hydrogens is 711 g/mol. The lowest BCUT2D eigenvalue weighted by molar-refractivity contribution is -0.161. The van der Waals surface area contributed by atoms with Crippen LogP contribution in [-0.4, -0.2) is 41.0 Å². The molecule has 1 atom stereocenters. The Morgan fingerprint density at radius 2 is 0.764 bits per heavy atom. The van der Waals surface area contributed by atoms with E-state index in [1.54, 1.807) is 0 Å². The Bertz CT molecular complexity index is 904. The predicted octanol–water partition coefficient (Wildman–Crippen LogP) is 14.6. The van der Waals surface area contributed by atoms with Gasteiger partial charge in [-0.15, -0.1) is 0 Å². The van der Waals surface area contributed by atoms with Gasteiger partial charge in [0, 0.05) is 12.8 Å². The van der Waals surface area contributed by atoms with Crippen LogP contribution >= 0.6 is 7.82 Å². The standard InChI is InChI=1S/C46H89O8P/c1-3-5-7-9-11-13-15-17-19-20-21-22-23-24-25-27-28-30-32-34-36-38-40-45(47)52-42-44(43-53-55(49,50)51)54-46(48)41-39-37-35-33-31-29-26-18-16-14-12-10-8-6-4-2/h29,31,44H,3-28,30,32-43H2,1-2H3,(H2,49,50,51)/b31-29+/t44-/m1/s1. The first-order chi connectivity index (χ1) is 26.8. The highest BCUT2D eigenvalue weighted by Gasteiger charge is 2.23. The van der Waals surface area contributed by atoms with Gasteiger partial charge in [-0.2, -0.15) is 0 Å². The third kappa shape index (κ3) is 45.4. The van der Waals surface area contributed by atoms with Gasteiger partial charge in [0.1, 0.15) is 6.61 Å². The first kappa shape index (κ1) is 53.8. The van der Waals surface area contributed by atoms with Gasteiger partial charge in [-0.25, -0.2) is 4.57 Å². The van der Waals surface area contributed by atoms with Crippen molar-refractivity contribution in [3.8, 4) is 0 Å². The number of unbranched alkanes of at least 4 members (excludes halogenated alkanes) is 32. The third-order valence-electron chi connectivity index (χ3n) is 10.5. The van der Waals surface area contributed by atoms with Crippen molar-refractivity contribution in [2.24, 2.45) is 0 Å². The van der Waals surface area contributed by atoms with E-state index in [1.807, 2.05) is 0 Å². The van der Waals surface area contributed by atoms with Crippen LogP contribution in [0.5, 0.6) is 0 Å². The minimum atomic E-state index is -4.75. The Morgan fingerprint density at radius 3 is 1.13 bits per heavy atom. The first-order valence-electron chi connectivity index (χ1n) is 23.5. The molecule has 55 heavy (non-hydrogen) atoms. The highest BCUT2D eigenvalue weighted by Crippen LogP contribution is 2.36. The second-order valence-electron chi connectivity index (χ2n) is 16.1. The molecule has 0 saturated carbocycles. The average Bonchev–Trinajstić information content (AvgIpc) is 3.16. The summed E-state index contributed by atoms with van der Waals surface area (Å²) in [6, 6.07) is 0. The summed E-state index contributed by atoms with van der Waals surface area (Å²) >= 11 is 0. The number of carbonyl (C=O) groups is 2. The van der Waals surface area contributed by atoms with Crippen LogP contribution in [-0.2, 0) is 28.2 Å². The van der Waals surface area contributed by atoms with Crippen molar-refractivity contribution < 1.29 is 37.9 Å². The van der Waals surface area contributed by atoms with E-state index in [2.05, 4.69) is 30.5 Å². The minimum Gasteiger partial charge on any atom is -0.462 e. The summed E-state index contributed by atoms with van der Waals surface area (Å²) in [7, 11) is -4.75. The van der Waals surface area contributed by atoms with Crippen LogP contribution in [0, 0.1) is 0 Å². The molecule has 0 aliphatic heterocycles. The number of allylic oxidation sites excluding steroid dienone is 2. The number of hydrogen-bond acceptors (Lipinski definition) is 6. The molecule has 0 unspecified atom stereocenters. The Balaban J connectivity index is 3.80. The van der Waals surface area contributed by atoms with E-state index in [0.29, 0.717) is 6.42 Å². The van der Waals surface area contributed by atoms with Gasteiger partial charge in [-0.05, 0) is 38.5 Å². The fourth-order valence-electron chi connectivity index (χ4n) is 7.02. The number of ether oxygens (including phenoxy) is 2. The summed E-state index contributed by atoms with van der Waals surface area (Å²) in [5, 5.41) is 0. The minimum absolute atomic E-state index is 0.196. The second kappa shape index (κ2) is 42.4. The Morgan fingerprint density at radius 1 is 0.455 bits per heavy atom. The smallest absolute Gasteiger partial charge is 0.462 e. The molecule has 8 nitrogen and oxygen atoms in total. The molecule has 0 aromatic rings. The van der Waals surface area contributed by atoms with Gasteiger partial charge in [-0.1, -0.05) is 212 Å². The van der Waals surface area contributed by atoms with Gasteiger partial charge < -0.3 is 19.3 Å². The quantitative estimate of drug-likeness (QED) is 0.0271. The summed E-state index contributed by atoms with van der Waals surface area (Å²) in [4.78, 5) is 42.9. The molecule has 0 aliphatic rings. The number of hydrogen-bond donors (Lipinski definition) is 2. The van der Waals surface area contributed by atoms with Crippen LogP contribution in [0.15, 0.2) is 12.2 Å². The maximum absolute atomic E-state index is 12.4. The summed E-state index contributed by atoms with van der Waals surface area (Å²) in [5.74, 6) is -0.888. The van der Waals surface area contributed by atoms with Crippen LogP contribution in [0.4, 0.5) is 0 Å². The number of esters is 2. The summed E-state index contributed by atoms with van der Waals surface area (Å²) < 4.78 is 26.4. The molecule has 0 radical (unpaired) electrons. The lowest BCUT2D eigenvalue weighted by Gasteiger charge is -2.18. The molecule has 9 heteroatoms. The number of carbonyl (C=O) groups excluding carboxylic acids is 2. The Labute approximate surface area is 339 Å². The molecule has 0 aliphatic carbocycles. The Hall–Kier alpha value is -1.21. The van der Waals surface area contributed by atoms with E-state index in [4.69, 9.17) is 19.3 Å². The topological polar surface area (TPSA) is 119 Å². The molecule has 2 N–H and O–H groups in total. The van der Waals surface area contributed by atoms with Gasteiger partial charge in [0.2, 0.25) is 0 Å². The van der Waals surface area contributed by atoms with E-state index < -0.39 is 32.5 Å². The lowest BCUT2D eigenvalue weighted by atomic mass is 10.0. The molecule has 0 bridgehead atoms.